The predicted molar refractivity (Wildman–Crippen MR) is 40.5 cm³/mol. The van der Waals surface area contributed by atoms with Crippen LogP contribution < -0.4 is 0 Å². The van der Waals surface area contributed by atoms with Gasteiger partial charge in [0.25, 0.3) is 0 Å². The molecule has 0 aromatic heterocycles. The maximum Gasteiger partial charge on any atom is 0.0462 e. The molecule has 1 heteroatoms. The average Bonchev–Trinajstić information content (AvgIpc) is 1.89. The van der Waals surface area contributed by atoms with Crippen molar-refractivity contribution in [3.63, 3.8) is 0 Å². The fourth-order valence-corrected chi connectivity index (χ4v) is 0.675. The van der Waals surface area contributed by atoms with Gasteiger partial charge in [0.2, 0.25) is 0 Å². The lowest BCUT2D eigenvalue weighted by Gasteiger charge is -1.94. The van der Waals surface area contributed by atoms with Gasteiger partial charge in [-0.2, -0.15) is 0 Å². The van der Waals surface area contributed by atoms with E-state index in [4.69, 9.17) is 4.74 Å². The minimum atomic E-state index is 0.900. The molecule has 0 aromatic rings. The normalized spacial score (nSPS) is 10.9. The van der Waals surface area contributed by atoms with E-state index in [0.29, 0.717) is 0 Å². The van der Waals surface area contributed by atoms with Crippen LogP contribution in [0.2, 0.25) is 0 Å². The highest BCUT2D eigenvalue weighted by Crippen LogP contribution is 1.95. The van der Waals surface area contributed by atoms with Crippen molar-refractivity contribution in [2.75, 3.05) is 13.7 Å². The lowest BCUT2D eigenvalue weighted by molar-refractivity contribution is 0.193. The molecule has 0 spiro atoms. The Morgan fingerprint density at radius 3 is 2.67 bits per heavy atom. The molecule has 0 aromatic carbocycles. The van der Waals surface area contributed by atoms with E-state index < -0.39 is 0 Å². The average molecular weight is 128 g/mol. The van der Waals surface area contributed by atoms with Crippen molar-refractivity contribution in [3.8, 4) is 0 Å². The van der Waals surface area contributed by atoms with E-state index in [1.807, 2.05) is 0 Å². The van der Waals surface area contributed by atoms with E-state index in [2.05, 4.69) is 19.1 Å². The van der Waals surface area contributed by atoms with Gasteiger partial charge in [0, 0.05) is 13.7 Å². The first kappa shape index (κ1) is 8.70. The summed E-state index contributed by atoms with van der Waals surface area (Å²) in [5.74, 6) is 0. The molecule has 0 saturated heterocycles. The molecule has 0 radical (unpaired) electrons. The minimum Gasteiger partial charge on any atom is -0.385 e. The molecule has 0 amide bonds. The number of allylic oxidation sites excluding steroid dienone is 2. The van der Waals surface area contributed by atoms with Gasteiger partial charge in [0.15, 0.2) is 0 Å². The van der Waals surface area contributed by atoms with Gasteiger partial charge >= 0.3 is 0 Å². The van der Waals surface area contributed by atoms with Crippen molar-refractivity contribution in [1.29, 1.82) is 0 Å². The first-order chi connectivity index (χ1) is 4.41. The quantitative estimate of drug-likeness (QED) is 0.408. The van der Waals surface area contributed by atoms with Crippen molar-refractivity contribution in [2.24, 2.45) is 0 Å². The molecule has 0 aliphatic carbocycles. The first-order valence-corrected chi connectivity index (χ1v) is 3.52. The third kappa shape index (κ3) is 7.70. The number of hydrogen-bond donors (Lipinski definition) is 0. The molecular formula is C8H16O. The maximum atomic E-state index is 4.90. The molecule has 0 unspecified atom stereocenters. The van der Waals surface area contributed by atoms with Gasteiger partial charge in [-0.05, 0) is 26.2 Å². The molecule has 0 saturated carbocycles. The first-order valence-electron chi connectivity index (χ1n) is 3.52. The predicted octanol–water partition coefficient (Wildman–Crippen LogP) is 2.38. The van der Waals surface area contributed by atoms with Crippen LogP contribution in [0.5, 0.6) is 0 Å². The van der Waals surface area contributed by atoms with E-state index >= 15 is 0 Å². The number of hydrogen-bond acceptors (Lipinski definition) is 1. The number of ether oxygens (including phenoxy) is 1. The smallest absolute Gasteiger partial charge is 0.0462 e. The lowest BCUT2D eigenvalue weighted by Crippen LogP contribution is -1.86. The fourth-order valence-electron chi connectivity index (χ4n) is 0.675. The second-order valence-corrected chi connectivity index (χ2v) is 2.06. The van der Waals surface area contributed by atoms with E-state index in [0.717, 1.165) is 6.61 Å². The maximum absolute atomic E-state index is 4.90. The van der Waals surface area contributed by atoms with Gasteiger partial charge in [-0.1, -0.05) is 12.2 Å². The molecule has 54 valence electrons. The summed E-state index contributed by atoms with van der Waals surface area (Å²) in [4.78, 5) is 0. The summed E-state index contributed by atoms with van der Waals surface area (Å²) in [6.07, 6.45) is 7.90. The summed E-state index contributed by atoms with van der Waals surface area (Å²) in [6, 6.07) is 0. The number of unbranched alkanes of at least 4 members (excludes halogenated alkanes) is 2. The second-order valence-electron chi connectivity index (χ2n) is 2.06. The Morgan fingerprint density at radius 1 is 1.33 bits per heavy atom. The highest BCUT2D eigenvalue weighted by Gasteiger charge is 1.82. The van der Waals surface area contributed by atoms with Crippen LogP contribution in [-0.4, -0.2) is 13.7 Å². The van der Waals surface area contributed by atoms with E-state index in [-0.39, 0.29) is 0 Å². The minimum absolute atomic E-state index is 0.900. The summed E-state index contributed by atoms with van der Waals surface area (Å²) >= 11 is 0. The summed E-state index contributed by atoms with van der Waals surface area (Å²) in [7, 11) is 1.75. The van der Waals surface area contributed by atoms with Crippen LogP contribution in [0.1, 0.15) is 26.2 Å². The van der Waals surface area contributed by atoms with E-state index in [1.165, 1.54) is 19.3 Å². The monoisotopic (exact) mass is 128 g/mol. The number of rotatable bonds is 5. The third-order valence-corrected chi connectivity index (χ3v) is 1.20. The van der Waals surface area contributed by atoms with Crippen LogP contribution in [0.15, 0.2) is 12.2 Å². The zero-order chi connectivity index (χ0) is 6.95. The van der Waals surface area contributed by atoms with Crippen molar-refractivity contribution in [3.05, 3.63) is 12.2 Å². The summed E-state index contributed by atoms with van der Waals surface area (Å²) < 4.78 is 4.90. The topological polar surface area (TPSA) is 9.23 Å². The molecule has 9 heavy (non-hydrogen) atoms. The third-order valence-electron chi connectivity index (χ3n) is 1.20. The van der Waals surface area contributed by atoms with Gasteiger partial charge in [-0.3, -0.25) is 0 Å². The molecule has 0 atom stereocenters. The Balaban J connectivity index is 2.75. The summed E-state index contributed by atoms with van der Waals surface area (Å²) in [5, 5.41) is 0. The molecule has 1 nitrogen and oxygen atoms in total. The molecule has 0 bridgehead atoms. The van der Waals surface area contributed by atoms with E-state index in [9.17, 15) is 0 Å². The van der Waals surface area contributed by atoms with Crippen LogP contribution in [0.4, 0.5) is 0 Å². The molecule has 0 N–H and O–H groups in total. The van der Waals surface area contributed by atoms with Gasteiger partial charge < -0.3 is 4.74 Å². The molecule has 0 fully saturated rings. The van der Waals surface area contributed by atoms with Crippen LogP contribution in [0.3, 0.4) is 0 Å². The zero-order valence-electron chi connectivity index (χ0n) is 6.39. The van der Waals surface area contributed by atoms with Crippen LogP contribution >= 0.6 is 0 Å². The summed E-state index contributed by atoms with van der Waals surface area (Å²) in [5.41, 5.74) is 0. The zero-order valence-corrected chi connectivity index (χ0v) is 6.39. The largest absolute Gasteiger partial charge is 0.385 e. The van der Waals surface area contributed by atoms with Crippen LogP contribution in [0, 0.1) is 0 Å². The number of methoxy groups -OCH3 is 1. The van der Waals surface area contributed by atoms with Gasteiger partial charge in [0.1, 0.15) is 0 Å². The van der Waals surface area contributed by atoms with Gasteiger partial charge in [-0.25, -0.2) is 0 Å². The van der Waals surface area contributed by atoms with Crippen molar-refractivity contribution >= 4 is 0 Å². The Bertz CT molecular complexity index is 67.0. The lowest BCUT2D eigenvalue weighted by atomic mass is 10.2. The van der Waals surface area contributed by atoms with Crippen molar-refractivity contribution < 1.29 is 4.74 Å². The van der Waals surface area contributed by atoms with Crippen LogP contribution in [0.25, 0.3) is 0 Å². The standard InChI is InChI=1S/C8H16O/c1-3-4-5-6-7-8-9-2/h3-4H,5-8H2,1-2H3. The highest BCUT2D eigenvalue weighted by molar-refractivity contribution is 4.75. The molecule has 0 heterocycles. The Morgan fingerprint density at radius 2 is 2.11 bits per heavy atom. The van der Waals surface area contributed by atoms with Crippen molar-refractivity contribution in [2.45, 2.75) is 26.2 Å². The fraction of sp³-hybridized carbons (Fsp3) is 0.750. The summed E-state index contributed by atoms with van der Waals surface area (Å²) in [6.45, 7) is 2.95. The molecule has 0 rings (SSSR count). The Labute approximate surface area is 57.7 Å². The van der Waals surface area contributed by atoms with Gasteiger partial charge in [-0.15, -0.1) is 0 Å². The Kier molecular flexibility index (Phi) is 7.44. The SMILES string of the molecule is CC=CCCCCOC. The Hall–Kier alpha value is -0.300. The second kappa shape index (κ2) is 7.70. The van der Waals surface area contributed by atoms with Crippen LogP contribution in [-0.2, 0) is 4.74 Å². The van der Waals surface area contributed by atoms with Crippen molar-refractivity contribution in [1.82, 2.24) is 0 Å². The molecule has 0 aliphatic heterocycles. The molecule has 0 aliphatic rings. The van der Waals surface area contributed by atoms with E-state index in [1.54, 1.807) is 7.11 Å². The molecular weight excluding hydrogens is 112 g/mol. The van der Waals surface area contributed by atoms with Gasteiger partial charge in [0.05, 0.1) is 0 Å². The highest BCUT2D eigenvalue weighted by atomic mass is 16.5.